The fourth-order valence-electron chi connectivity index (χ4n) is 3.23. The fraction of sp³-hybridized carbons (Fsp3) is 0.409. The summed E-state index contributed by atoms with van der Waals surface area (Å²) in [6.45, 7) is 4.83. The molecule has 0 unspecified atom stereocenters. The van der Waals surface area contributed by atoms with E-state index in [1.165, 1.54) is 11.3 Å². The van der Waals surface area contributed by atoms with E-state index in [0.717, 1.165) is 49.3 Å². The van der Waals surface area contributed by atoms with Crippen LogP contribution in [-0.2, 0) is 17.8 Å². The van der Waals surface area contributed by atoms with E-state index in [2.05, 4.69) is 44.8 Å². The fourth-order valence-corrected chi connectivity index (χ4v) is 3.23. The summed E-state index contributed by atoms with van der Waals surface area (Å²) >= 11 is 0. The number of rotatable bonds is 7. The van der Waals surface area contributed by atoms with Gasteiger partial charge in [0.25, 0.3) is 0 Å². The van der Waals surface area contributed by atoms with Gasteiger partial charge in [-0.15, -0.1) is 0 Å². The van der Waals surface area contributed by atoms with Crippen LogP contribution in [0.1, 0.15) is 11.1 Å². The number of nitrogens with one attached hydrogen (secondary N) is 2. The van der Waals surface area contributed by atoms with Gasteiger partial charge in [0.05, 0.1) is 27.4 Å². The van der Waals surface area contributed by atoms with Gasteiger partial charge < -0.3 is 29.7 Å². The molecule has 1 saturated heterocycles. The van der Waals surface area contributed by atoms with Crippen molar-refractivity contribution in [2.45, 2.75) is 13.1 Å². The Bertz CT molecular complexity index is 802. The second kappa shape index (κ2) is 10.6. The van der Waals surface area contributed by atoms with Gasteiger partial charge in [-0.3, -0.25) is 4.99 Å². The molecule has 1 fully saturated rings. The van der Waals surface area contributed by atoms with Crippen molar-refractivity contribution >= 4 is 11.6 Å². The number of anilines is 1. The summed E-state index contributed by atoms with van der Waals surface area (Å²) in [5.74, 6) is 2.19. The molecule has 7 heteroatoms. The Balaban J connectivity index is 1.50. The SMILES string of the molecule is CN=C(NCc1ccc(N2CCOCC2)cc1)NCc1ccc(OC)c(OC)c1. The van der Waals surface area contributed by atoms with Gasteiger partial charge in [-0.2, -0.15) is 0 Å². The Morgan fingerprint density at radius 1 is 0.931 bits per heavy atom. The molecule has 1 aliphatic rings. The van der Waals surface area contributed by atoms with Crippen LogP contribution in [0.15, 0.2) is 47.5 Å². The van der Waals surface area contributed by atoms with Gasteiger partial charge in [0.1, 0.15) is 0 Å². The van der Waals surface area contributed by atoms with Crippen molar-refractivity contribution in [3.05, 3.63) is 53.6 Å². The van der Waals surface area contributed by atoms with Gasteiger partial charge in [0, 0.05) is 38.9 Å². The zero-order chi connectivity index (χ0) is 20.5. The lowest BCUT2D eigenvalue weighted by molar-refractivity contribution is 0.122. The van der Waals surface area contributed by atoms with Crippen LogP contribution in [0.3, 0.4) is 0 Å². The Kier molecular flexibility index (Phi) is 7.58. The van der Waals surface area contributed by atoms with Crippen LogP contribution >= 0.6 is 0 Å². The lowest BCUT2D eigenvalue weighted by Crippen LogP contribution is -2.36. The molecule has 0 bridgehead atoms. The molecule has 2 aromatic carbocycles. The van der Waals surface area contributed by atoms with E-state index in [4.69, 9.17) is 14.2 Å². The Morgan fingerprint density at radius 3 is 2.17 bits per heavy atom. The van der Waals surface area contributed by atoms with E-state index in [0.29, 0.717) is 13.1 Å². The third-order valence-electron chi connectivity index (χ3n) is 4.90. The molecule has 0 saturated carbocycles. The minimum Gasteiger partial charge on any atom is -0.493 e. The minimum absolute atomic E-state index is 0.635. The molecule has 2 N–H and O–H groups in total. The van der Waals surface area contributed by atoms with Crippen LogP contribution in [0.2, 0.25) is 0 Å². The van der Waals surface area contributed by atoms with Gasteiger partial charge >= 0.3 is 0 Å². The van der Waals surface area contributed by atoms with E-state index in [9.17, 15) is 0 Å². The predicted molar refractivity (Wildman–Crippen MR) is 116 cm³/mol. The molecule has 1 aliphatic heterocycles. The van der Waals surface area contributed by atoms with Gasteiger partial charge in [-0.05, 0) is 35.4 Å². The molecule has 2 aromatic rings. The number of nitrogens with zero attached hydrogens (tertiary/aromatic N) is 2. The first-order valence-corrected chi connectivity index (χ1v) is 9.80. The highest BCUT2D eigenvalue weighted by Crippen LogP contribution is 2.27. The van der Waals surface area contributed by atoms with Crippen LogP contribution in [0, 0.1) is 0 Å². The van der Waals surface area contributed by atoms with Crippen LogP contribution in [-0.4, -0.2) is 53.5 Å². The molecule has 0 atom stereocenters. The minimum atomic E-state index is 0.635. The number of morpholine rings is 1. The van der Waals surface area contributed by atoms with Crippen molar-refractivity contribution < 1.29 is 14.2 Å². The number of benzene rings is 2. The average molecular weight is 399 g/mol. The molecule has 1 heterocycles. The number of hydrogen-bond donors (Lipinski definition) is 2. The molecule has 0 aliphatic carbocycles. The second-order valence-corrected chi connectivity index (χ2v) is 6.73. The lowest BCUT2D eigenvalue weighted by Gasteiger charge is -2.28. The summed E-state index contributed by atoms with van der Waals surface area (Å²) < 4.78 is 16.1. The highest BCUT2D eigenvalue weighted by Gasteiger charge is 2.11. The summed E-state index contributed by atoms with van der Waals surface area (Å²) in [7, 11) is 5.04. The van der Waals surface area contributed by atoms with Gasteiger partial charge in [0.15, 0.2) is 17.5 Å². The first-order chi connectivity index (χ1) is 14.2. The zero-order valence-electron chi connectivity index (χ0n) is 17.4. The zero-order valence-corrected chi connectivity index (χ0v) is 17.4. The quantitative estimate of drug-likeness (QED) is 0.552. The molecule has 7 nitrogen and oxygen atoms in total. The normalized spacial score (nSPS) is 14.4. The van der Waals surface area contributed by atoms with Crippen LogP contribution in [0.25, 0.3) is 0 Å². The van der Waals surface area contributed by atoms with E-state index in [1.54, 1.807) is 21.3 Å². The maximum absolute atomic E-state index is 5.42. The smallest absolute Gasteiger partial charge is 0.191 e. The summed E-state index contributed by atoms with van der Waals surface area (Å²) in [5.41, 5.74) is 3.53. The van der Waals surface area contributed by atoms with E-state index < -0.39 is 0 Å². The number of hydrogen-bond acceptors (Lipinski definition) is 5. The molecule has 29 heavy (non-hydrogen) atoms. The summed E-state index contributed by atoms with van der Waals surface area (Å²) in [6, 6.07) is 14.5. The van der Waals surface area contributed by atoms with Crippen molar-refractivity contribution in [2.75, 3.05) is 52.5 Å². The number of ether oxygens (including phenoxy) is 3. The molecular formula is C22H30N4O3. The lowest BCUT2D eigenvalue weighted by atomic mass is 10.2. The van der Waals surface area contributed by atoms with E-state index in [-0.39, 0.29) is 0 Å². The van der Waals surface area contributed by atoms with Crippen LogP contribution < -0.4 is 25.0 Å². The first kappa shape index (κ1) is 20.8. The maximum atomic E-state index is 5.42. The van der Waals surface area contributed by atoms with Crippen LogP contribution in [0.5, 0.6) is 11.5 Å². The third-order valence-corrected chi connectivity index (χ3v) is 4.90. The predicted octanol–water partition coefficient (Wildman–Crippen LogP) is 2.41. The number of guanidine groups is 1. The van der Waals surface area contributed by atoms with Crippen molar-refractivity contribution in [3.63, 3.8) is 0 Å². The molecular weight excluding hydrogens is 368 g/mol. The van der Waals surface area contributed by atoms with Gasteiger partial charge in [-0.1, -0.05) is 18.2 Å². The monoisotopic (exact) mass is 398 g/mol. The largest absolute Gasteiger partial charge is 0.493 e. The standard InChI is InChI=1S/C22H30N4O3/c1-23-22(25-16-18-6-9-20(27-2)21(14-18)28-3)24-15-17-4-7-19(8-5-17)26-10-12-29-13-11-26/h4-9,14H,10-13,15-16H2,1-3H3,(H2,23,24,25). The van der Waals surface area contributed by atoms with Crippen molar-refractivity contribution in [2.24, 2.45) is 4.99 Å². The Morgan fingerprint density at radius 2 is 1.55 bits per heavy atom. The molecule has 3 rings (SSSR count). The first-order valence-electron chi connectivity index (χ1n) is 9.80. The molecule has 0 radical (unpaired) electrons. The highest BCUT2D eigenvalue weighted by molar-refractivity contribution is 5.79. The summed E-state index contributed by atoms with van der Waals surface area (Å²) in [6.07, 6.45) is 0. The molecule has 0 amide bonds. The Hall–Kier alpha value is -2.93. The highest BCUT2D eigenvalue weighted by atomic mass is 16.5. The van der Waals surface area contributed by atoms with Gasteiger partial charge in [0.2, 0.25) is 0 Å². The van der Waals surface area contributed by atoms with Crippen molar-refractivity contribution in [3.8, 4) is 11.5 Å². The van der Waals surface area contributed by atoms with E-state index in [1.807, 2.05) is 18.2 Å². The number of aliphatic imine (C=N–C) groups is 1. The van der Waals surface area contributed by atoms with Crippen molar-refractivity contribution in [1.82, 2.24) is 10.6 Å². The maximum Gasteiger partial charge on any atom is 0.191 e. The topological polar surface area (TPSA) is 67.4 Å². The number of methoxy groups -OCH3 is 2. The summed E-state index contributed by atoms with van der Waals surface area (Å²) in [5, 5.41) is 6.68. The Labute approximate surface area is 172 Å². The molecule has 0 aromatic heterocycles. The van der Waals surface area contributed by atoms with Crippen LogP contribution in [0.4, 0.5) is 5.69 Å². The van der Waals surface area contributed by atoms with Crippen molar-refractivity contribution in [1.29, 1.82) is 0 Å². The molecule has 156 valence electrons. The second-order valence-electron chi connectivity index (χ2n) is 6.73. The van der Waals surface area contributed by atoms with E-state index >= 15 is 0 Å². The summed E-state index contributed by atoms with van der Waals surface area (Å²) in [4.78, 5) is 6.65. The average Bonchev–Trinajstić information content (AvgIpc) is 2.80. The molecule has 0 spiro atoms. The third kappa shape index (κ3) is 5.77. The van der Waals surface area contributed by atoms with Gasteiger partial charge in [-0.25, -0.2) is 0 Å².